The van der Waals surface area contributed by atoms with Gasteiger partial charge in [0, 0.05) is 26.9 Å². The lowest BCUT2D eigenvalue weighted by molar-refractivity contribution is 0.0742. The normalized spacial score (nSPS) is 12.3. The third-order valence-electron chi connectivity index (χ3n) is 2.86. The van der Waals surface area contributed by atoms with Gasteiger partial charge in [0.1, 0.15) is 0 Å². The molecular weight excluding hydrogens is 425 g/mol. The predicted octanol–water partition coefficient (Wildman–Crippen LogP) is 4.27. The Kier molecular flexibility index (Phi) is 7.02. The van der Waals surface area contributed by atoms with E-state index in [1.807, 2.05) is 30.1 Å². The van der Waals surface area contributed by atoms with Crippen LogP contribution in [-0.2, 0) is 0 Å². The van der Waals surface area contributed by atoms with Crippen LogP contribution >= 0.6 is 50.3 Å². The maximum atomic E-state index is 12.5. The topological polar surface area (TPSA) is 20.3 Å². The van der Waals surface area contributed by atoms with Crippen molar-refractivity contribution in [2.45, 2.75) is 19.4 Å². The molecule has 0 aliphatic carbocycles. The lowest BCUT2D eigenvalue weighted by atomic mass is 10.1. The molecule has 0 N–H and O–H groups in total. The molecule has 0 aromatic heterocycles. The van der Waals surface area contributed by atoms with Crippen LogP contribution < -0.4 is 0 Å². The van der Waals surface area contributed by atoms with Gasteiger partial charge in [-0.05, 0) is 69.4 Å². The van der Waals surface area contributed by atoms with Gasteiger partial charge in [-0.3, -0.25) is 4.79 Å². The zero-order valence-corrected chi connectivity index (χ0v) is 15.3. The third-order valence-corrected chi connectivity index (χ3v) is 4.94. The molecule has 18 heavy (non-hydrogen) atoms. The summed E-state index contributed by atoms with van der Waals surface area (Å²) in [5, 5.41) is 0. The fraction of sp³-hybridized carbons (Fsp3) is 0.462. The van der Waals surface area contributed by atoms with Crippen LogP contribution in [0.15, 0.2) is 22.7 Å². The van der Waals surface area contributed by atoms with Crippen molar-refractivity contribution in [1.82, 2.24) is 4.90 Å². The summed E-state index contributed by atoms with van der Waals surface area (Å²) in [7, 11) is 1.89. The lowest BCUT2D eigenvalue weighted by Gasteiger charge is -2.27. The summed E-state index contributed by atoms with van der Waals surface area (Å²) < 4.78 is 1.93. The maximum absolute atomic E-state index is 12.5. The van der Waals surface area contributed by atoms with Crippen LogP contribution in [0.4, 0.5) is 0 Å². The Balaban J connectivity index is 2.95. The summed E-state index contributed by atoms with van der Waals surface area (Å²) in [5.41, 5.74) is 0.740. The number of halogens is 2. The second-order valence-electron chi connectivity index (χ2n) is 4.06. The van der Waals surface area contributed by atoms with Gasteiger partial charge in [0.05, 0.1) is 5.56 Å². The molecule has 0 bridgehead atoms. The molecule has 0 saturated carbocycles. The van der Waals surface area contributed by atoms with Crippen LogP contribution in [0.1, 0.15) is 23.7 Å². The smallest absolute Gasteiger partial charge is 0.255 e. The van der Waals surface area contributed by atoms with Crippen LogP contribution in [0.2, 0.25) is 0 Å². The Morgan fingerprint density at radius 2 is 2.22 bits per heavy atom. The molecule has 1 atom stereocenters. The van der Waals surface area contributed by atoms with Gasteiger partial charge in [-0.15, -0.1) is 0 Å². The number of rotatable bonds is 5. The fourth-order valence-corrected chi connectivity index (χ4v) is 3.46. The minimum atomic E-state index is 0.0845. The van der Waals surface area contributed by atoms with E-state index in [-0.39, 0.29) is 11.9 Å². The van der Waals surface area contributed by atoms with E-state index in [0.29, 0.717) is 0 Å². The summed E-state index contributed by atoms with van der Waals surface area (Å²) >= 11 is 7.46. The summed E-state index contributed by atoms with van der Waals surface area (Å²) in [6.45, 7) is 2.12. The highest BCUT2D eigenvalue weighted by molar-refractivity contribution is 14.1. The van der Waals surface area contributed by atoms with Crippen molar-refractivity contribution in [3.63, 3.8) is 0 Å². The predicted molar refractivity (Wildman–Crippen MR) is 91.4 cm³/mol. The lowest BCUT2D eigenvalue weighted by Crippen LogP contribution is -2.38. The van der Waals surface area contributed by atoms with Gasteiger partial charge in [0.25, 0.3) is 5.91 Å². The van der Waals surface area contributed by atoms with Crippen LogP contribution in [-0.4, -0.2) is 35.9 Å². The molecule has 2 nitrogen and oxygen atoms in total. The fourth-order valence-electron chi connectivity index (χ4n) is 1.71. The van der Waals surface area contributed by atoms with Crippen molar-refractivity contribution in [2.75, 3.05) is 19.1 Å². The molecule has 1 unspecified atom stereocenters. The van der Waals surface area contributed by atoms with Gasteiger partial charge in [0.2, 0.25) is 0 Å². The summed E-state index contributed by atoms with van der Waals surface area (Å²) in [5.74, 6) is 1.06. The Morgan fingerprint density at radius 3 is 2.78 bits per heavy atom. The van der Waals surface area contributed by atoms with Gasteiger partial charge in [0.15, 0.2) is 0 Å². The SMILES string of the molecule is CCC(CSC)N(C)C(=O)c1cc(I)ccc1Br. The first kappa shape index (κ1) is 16.3. The highest BCUT2D eigenvalue weighted by atomic mass is 127. The van der Waals surface area contributed by atoms with Gasteiger partial charge < -0.3 is 4.90 Å². The number of benzene rings is 1. The number of carbonyl (C=O) groups is 1. The van der Waals surface area contributed by atoms with E-state index in [1.54, 1.807) is 11.8 Å². The third kappa shape index (κ3) is 4.13. The van der Waals surface area contributed by atoms with Crippen molar-refractivity contribution in [2.24, 2.45) is 0 Å². The molecule has 0 aliphatic rings. The van der Waals surface area contributed by atoms with E-state index in [4.69, 9.17) is 0 Å². The first-order valence-corrected chi connectivity index (χ1v) is 8.99. The quantitative estimate of drug-likeness (QED) is 0.636. The molecule has 1 aromatic carbocycles. The van der Waals surface area contributed by atoms with Crippen LogP contribution in [0.5, 0.6) is 0 Å². The van der Waals surface area contributed by atoms with Gasteiger partial charge >= 0.3 is 0 Å². The molecule has 1 amide bonds. The Bertz CT molecular complexity index is 427. The molecule has 100 valence electrons. The molecule has 1 aromatic rings. The number of hydrogen-bond acceptors (Lipinski definition) is 2. The minimum Gasteiger partial charge on any atom is -0.338 e. The highest BCUT2D eigenvalue weighted by Crippen LogP contribution is 2.22. The summed E-state index contributed by atoms with van der Waals surface area (Å²) in [6, 6.07) is 6.13. The number of thioether (sulfide) groups is 1. The zero-order valence-electron chi connectivity index (χ0n) is 10.7. The van der Waals surface area contributed by atoms with E-state index in [1.165, 1.54) is 0 Å². The number of carbonyl (C=O) groups excluding carboxylic acids is 1. The maximum Gasteiger partial charge on any atom is 0.255 e. The standard InChI is InChI=1S/C13H17BrINOS/c1-4-10(8-18-3)16(2)13(17)11-7-9(15)5-6-12(11)14/h5-7,10H,4,8H2,1-3H3. The minimum absolute atomic E-state index is 0.0845. The molecule has 0 spiro atoms. The Labute approximate surface area is 135 Å². The molecule has 0 radical (unpaired) electrons. The van der Waals surface area contributed by atoms with Crippen LogP contribution in [0.3, 0.4) is 0 Å². The molecular formula is C13H17BrINOS. The second kappa shape index (κ2) is 7.75. The molecule has 5 heteroatoms. The van der Waals surface area contributed by atoms with E-state index >= 15 is 0 Å². The molecule has 1 rings (SSSR count). The van der Waals surface area contributed by atoms with Crippen LogP contribution in [0, 0.1) is 3.57 Å². The first-order valence-electron chi connectivity index (χ1n) is 5.72. The molecule has 0 saturated heterocycles. The van der Waals surface area contributed by atoms with Crippen molar-refractivity contribution in [3.8, 4) is 0 Å². The Hall–Kier alpha value is 0.250. The van der Waals surface area contributed by atoms with E-state index in [2.05, 4.69) is 51.7 Å². The largest absolute Gasteiger partial charge is 0.338 e. The summed E-state index contributed by atoms with van der Waals surface area (Å²) in [4.78, 5) is 14.3. The average molecular weight is 442 g/mol. The monoisotopic (exact) mass is 441 g/mol. The van der Waals surface area contributed by atoms with Gasteiger partial charge in [-0.1, -0.05) is 6.92 Å². The van der Waals surface area contributed by atoms with Crippen molar-refractivity contribution in [3.05, 3.63) is 31.8 Å². The summed E-state index contributed by atoms with van der Waals surface area (Å²) in [6.07, 6.45) is 3.05. The van der Waals surface area contributed by atoms with Crippen molar-refractivity contribution < 1.29 is 4.79 Å². The number of nitrogens with zero attached hydrogens (tertiary/aromatic N) is 1. The van der Waals surface area contributed by atoms with Gasteiger partial charge in [-0.2, -0.15) is 11.8 Å². The molecule has 0 aliphatic heterocycles. The molecule has 0 heterocycles. The highest BCUT2D eigenvalue weighted by Gasteiger charge is 2.21. The second-order valence-corrected chi connectivity index (χ2v) is 7.07. The van der Waals surface area contributed by atoms with Crippen molar-refractivity contribution in [1.29, 1.82) is 0 Å². The van der Waals surface area contributed by atoms with Crippen molar-refractivity contribution >= 4 is 56.2 Å². The van der Waals surface area contributed by atoms with Gasteiger partial charge in [-0.25, -0.2) is 0 Å². The zero-order chi connectivity index (χ0) is 13.7. The molecule has 0 fully saturated rings. The average Bonchev–Trinajstić information content (AvgIpc) is 2.37. The Morgan fingerprint density at radius 1 is 1.56 bits per heavy atom. The first-order chi connectivity index (χ1) is 8.51. The van der Waals surface area contributed by atoms with E-state index in [0.717, 1.165) is 25.8 Å². The van der Waals surface area contributed by atoms with Crippen LogP contribution in [0.25, 0.3) is 0 Å². The van der Waals surface area contributed by atoms with E-state index in [9.17, 15) is 4.79 Å². The number of amides is 1. The number of hydrogen-bond donors (Lipinski definition) is 0. The van der Waals surface area contributed by atoms with E-state index < -0.39 is 0 Å².